The third-order valence-electron chi connectivity index (χ3n) is 5.36. The zero-order valence-corrected chi connectivity index (χ0v) is 17.2. The van der Waals surface area contributed by atoms with Gasteiger partial charge in [-0.25, -0.2) is 19.9 Å². The number of nitrogens with zero attached hydrogens (tertiary/aromatic N) is 7. The van der Waals surface area contributed by atoms with E-state index in [1.165, 1.54) is 4.88 Å². The molecule has 7 nitrogen and oxygen atoms in total. The van der Waals surface area contributed by atoms with Gasteiger partial charge in [0.25, 0.3) is 0 Å². The highest BCUT2D eigenvalue weighted by Gasteiger charge is 2.20. The molecule has 0 radical (unpaired) electrons. The van der Waals surface area contributed by atoms with Gasteiger partial charge in [-0.3, -0.25) is 4.40 Å². The van der Waals surface area contributed by atoms with Crippen LogP contribution in [0.4, 0.5) is 5.82 Å². The Bertz CT molecular complexity index is 1100. The molecule has 0 atom stereocenters. The maximum absolute atomic E-state index is 4.81. The summed E-state index contributed by atoms with van der Waals surface area (Å²) in [5.41, 5.74) is 2.74. The number of hydrogen-bond donors (Lipinski definition) is 0. The molecule has 1 fully saturated rings. The Balaban J connectivity index is 1.43. The Morgan fingerprint density at radius 3 is 2.72 bits per heavy atom. The van der Waals surface area contributed by atoms with Crippen molar-refractivity contribution in [3.05, 3.63) is 59.1 Å². The molecule has 1 saturated heterocycles. The molecule has 5 rings (SSSR count). The Morgan fingerprint density at radius 1 is 1.00 bits per heavy atom. The van der Waals surface area contributed by atoms with Crippen molar-refractivity contribution in [1.29, 1.82) is 0 Å². The van der Waals surface area contributed by atoms with E-state index >= 15 is 0 Å². The fourth-order valence-corrected chi connectivity index (χ4v) is 4.40. The zero-order chi connectivity index (χ0) is 19.6. The summed E-state index contributed by atoms with van der Waals surface area (Å²) in [6.45, 7) is 4.00. The maximum atomic E-state index is 4.81. The zero-order valence-electron chi connectivity index (χ0n) is 16.4. The molecule has 1 aliphatic heterocycles. The molecule has 8 heteroatoms. The molecule has 29 heavy (non-hydrogen) atoms. The second-order valence-corrected chi connectivity index (χ2v) is 8.35. The van der Waals surface area contributed by atoms with Crippen molar-refractivity contribution in [3.63, 3.8) is 0 Å². The first-order valence-corrected chi connectivity index (χ1v) is 10.8. The number of aromatic nitrogens is 5. The molecule has 0 saturated carbocycles. The predicted molar refractivity (Wildman–Crippen MR) is 115 cm³/mol. The van der Waals surface area contributed by atoms with Crippen LogP contribution < -0.4 is 4.90 Å². The van der Waals surface area contributed by atoms with Crippen LogP contribution in [0, 0.1) is 0 Å². The molecule has 0 N–H and O–H groups in total. The van der Waals surface area contributed by atoms with Gasteiger partial charge in [-0.05, 0) is 31.0 Å². The first kappa shape index (κ1) is 18.2. The molecular formula is C21H23N7S. The lowest BCUT2D eigenvalue weighted by Gasteiger charge is -2.33. The fraction of sp³-hybridized carbons (Fsp3) is 0.333. The fourth-order valence-electron chi connectivity index (χ4n) is 3.69. The second kappa shape index (κ2) is 7.88. The van der Waals surface area contributed by atoms with Gasteiger partial charge in [0.2, 0.25) is 0 Å². The average molecular weight is 406 g/mol. The number of piperazine rings is 1. The van der Waals surface area contributed by atoms with Crippen molar-refractivity contribution < 1.29 is 0 Å². The van der Waals surface area contributed by atoms with Crippen molar-refractivity contribution >= 4 is 22.8 Å². The third-order valence-corrected chi connectivity index (χ3v) is 6.29. The molecule has 0 aliphatic carbocycles. The van der Waals surface area contributed by atoms with E-state index < -0.39 is 0 Å². The molecule has 148 valence electrons. The molecule has 0 spiro atoms. The number of fused-ring (bicyclic) bond motifs is 1. The van der Waals surface area contributed by atoms with Crippen LogP contribution in [0.3, 0.4) is 0 Å². The number of rotatable bonds is 5. The quantitative estimate of drug-likeness (QED) is 0.509. The summed E-state index contributed by atoms with van der Waals surface area (Å²) in [6.07, 6.45) is 9.34. The molecule has 0 unspecified atom stereocenters. The van der Waals surface area contributed by atoms with Crippen LogP contribution in [0.25, 0.3) is 17.0 Å². The van der Waals surface area contributed by atoms with E-state index in [1.807, 2.05) is 30.9 Å². The van der Waals surface area contributed by atoms with Gasteiger partial charge < -0.3 is 9.80 Å². The van der Waals surface area contributed by atoms with Crippen LogP contribution in [-0.4, -0.2) is 62.5 Å². The first-order valence-electron chi connectivity index (χ1n) is 9.88. The molecule has 4 aromatic heterocycles. The minimum absolute atomic E-state index is 0.833. The van der Waals surface area contributed by atoms with Crippen LogP contribution in [0.15, 0.2) is 48.4 Å². The monoisotopic (exact) mass is 405 g/mol. The largest absolute Gasteiger partial charge is 0.351 e. The maximum Gasteiger partial charge on any atom is 0.180 e. The number of thiophene rings is 1. The van der Waals surface area contributed by atoms with Gasteiger partial charge in [-0.2, -0.15) is 0 Å². The van der Waals surface area contributed by atoms with Crippen LogP contribution in [0.5, 0.6) is 0 Å². The molecule has 0 amide bonds. The number of anilines is 1. The standard InChI is InChI=1S/C21H23N7S/c1-26-10-12-27(13-11-26)20-21-24-15-18(28(21)9-8-23-20)17-6-7-22-19(25-17)5-4-16-3-2-14-29-16/h2-3,6-9,14-15H,4-5,10-13H2,1H3. The van der Waals surface area contributed by atoms with Gasteiger partial charge in [0.05, 0.1) is 17.6 Å². The van der Waals surface area contributed by atoms with Crippen molar-refractivity contribution in [1.82, 2.24) is 29.2 Å². The summed E-state index contributed by atoms with van der Waals surface area (Å²) < 4.78 is 2.09. The molecule has 0 bridgehead atoms. The molecule has 1 aliphatic rings. The highest BCUT2D eigenvalue weighted by molar-refractivity contribution is 7.09. The molecular weight excluding hydrogens is 382 g/mol. The average Bonchev–Trinajstić information content (AvgIpc) is 3.43. The number of hydrogen-bond acceptors (Lipinski definition) is 7. The number of likely N-dealkylation sites (N-methyl/N-ethyl adjacent to an activating group) is 1. The normalized spacial score (nSPS) is 15.3. The summed E-state index contributed by atoms with van der Waals surface area (Å²) in [4.78, 5) is 24.6. The van der Waals surface area contributed by atoms with Gasteiger partial charge in [0, 0.05) is 56.1 Å². The van der Waals surface area contributed by atoms with Crippen molar-refractivity contribution in [2.45, 2.75) is 12.8 Å². The SMILES string of the molecule is CN1CCN(c2nccn3c(-c4ccnc(CCc5cccs5)n4)cnc23)CC1. The highest BCUT2D eigenvalue weighted by atomic mass is 32.1. The van der Waals surface area contributed by atoms with Crippen LogP contribution in [0.2, 0.25) is 0 Å². The smallest absolute Gasteiger partial charge is 0.180 e. The van der Waals surface area contributed by atoms with E-state index in [0.717, 1.165) is 67.7 Å². The topological polar surface area (TPSA) is 62.5 Å². The molecule has 0 aromatic carbocycles. The van der Waals surface area contributed by atoms with Crippen LogP contribution in [-0.2, 0) is 12.8 Å². The van der Waals surface area contributed by atoms with Gasteiger partial charge in [0.1, 0.15) is 5.82 Å². The number of aryl methyl sites for hydroxylation is 2. The van der Waals surface area contributed by atoms with Gasteiger partial charge in [-0.15, -0.1) is 11.3 Å². The second-order valence-electron chi connectivity index (χ2n) is 7.32. The van der Waals surface area contributed by atoms with Crippen LogP contribution in [0.1, 0.15) is 10.7 Å². The minimum Gasteiger partial charge on any atom is -0.351 e. The van der Waals surface area contributed by atoms with Crippen molar-refractivity contribution in [2.24, 2.45) is 0 Å². The van der Waals surface area contributed by atoms with Crippen LogP contribution >= 0.6 is 11.3 Å². The lowest BCUT2D eigenvalue weighted by Crippen LogP contribution is -2.45. The Labute approximate surface area is 173 Å². The highest BCUT2D eigenvalue weighted by Crippen LogP contribution is 2.25. The Morgan fingerprint density at radius 2 is 1.90 bits per heavy atom. The lowest BCUT2D eigenvalue weighted by atomic mass is 10.2. The van der Waals surface area contributed by atoms with Gasteiger partial charge in [0.15, 0.2) is 11.5 Å². The first-order chi connectivity index (χ1) is 14.3. The summed E-state index contributed by atoms with van der Waals surface area (Å²) >= 11 is 1.78. The predicted octanol–water partition coefficient (Wildman–Crippen LogP) is 2.78. The molecule has 5 heterocycles. The summed E-state index contributed by atoms with van der Waals surface area (Å²) in [7, 11) is 2.16. The summed E-state index contributed by atoms with van der Waals surface area (Å²) in [5.74, 6) is 1.80. The van der Waals surface area contributed by atoms with Crippen molar-refractivity contribution in [2.75, 3.05) is 38.1 Å². The third kappa shape index (κ3) is 3.73. The lowest BCUT2D eigenvalue weighted by molar-refractivity contribution is 0.312. The number of imidazole rings is 1. The van der Waals surface area contributed by atoms with Gasteiger partial charge in [-0.1, -0.05) is 6.07 Å². The van der Waals surface area contributed by atoms with E-state index in [9.17, 15) is 0 Å². The van der Waals surface area contributed by atoms with E-state index in [-0.39, 0.29) is 0 Å². The van der Waals surface area contributed by atoms with Gasteiger partial charge >= 0.3 is 0 Å². The van der Waals surface area contributed by atoms with E-state index in [4.69, 9.17) is 9.97 Å². The van der Waals surface area contributed by atoms with E-state index in [0.29, 0.717) is 0 Å². The van der Waals surface area contributed by atoms with Crippen molar-refractivity contribution in [3.8, 4) is 11.4 Å². The molecule has 4 aromatic rings. The summed E-state index contributed by atoms with van der Waals surface area (Å²) in [6, 6.07) is 6.20. The Kier molecular flexibility index (Phi) is 4.95. The Hall–Kier alpha value is -2.84. The summed E-state index contributed by atoms with van der Waals surface area (Å²) in [5, 5.41) is 2.11. The van der Waals surface area contributed by atoms with E-state index in [2.05, 4.69) is 48.7 Å². The minimum atomic E-state index is 0.833. The van der Waals surface area contributed by atoms with E-state index in [1.54, 1.807) is 11.3 Å².